The molecule has 0 aliphatic carbocycles. The lowest BCUT2D eigenvalue weighted by atomic mass is 10.4. The number of hydrogen-bond acceptors (Lipinski definition) is 5. The summed E-state index contributed by atoms with van der Waals surface area (Å²) in [4.78, 5) is 11.9. The predicted octanol–water partition coefficient (Wildman–Crippen LogP) is 0.0916. The van der Waals surface area contributed by atoms with Gasteiger partial charge in [-0.05, 0) is 13.3 Å². The molecule has 20 heavy (non-hydrogen) atoms. The van der Waals surface area contributed by atoms with Crippen LogP contribution in [0.5, 0.6) is 0 Å². The van der Waals surface area contributed by atoms with E-state index in [1.165, 1.54) is 4.68 Å². The molecule has 0 aromatic carbocycles. The van der Waals surface area contributed by atoms with Crippen molar-refractivity contribution in [2.45, 2.75) is 39.9 Å². The van der Waals surface area contributed by atoms with E-state index in [-0.39, 0.29) is 12.5 Å². The summed E-state index contributed by atoms with van der Waals surface area (Å²) in [5.74, 6) is 1.06. The molecule has 0 atom stereocenters. The van der Waals surface area contributed by atoms with Gasteiger partial charge < -0.3 is 15.6 Å². The zero-order chi connectivity index (χ0) is 14.5. The Balaban J connectivity index is 1.89. The molecule has 3 N–H and O–H groups in total. The number of nitrogens with zero attached hydrogens (tertiary/aromatic N) is 5. The molecule has 1 amide bonds. The highest BCUT2D eigenvalue weighted by molar-refractivity contribution is 5.75. The molecule has 0 aliphatic heterocycles. The highest BCUT2D eigenvalue weighted by Gasteiger charge is 2.09. The maximum absolute atomic E-state index is 11.9. The Kier molecular flexibility index (Phi) is 4.34. The second kappa shape index (κ2) is 6.18. The highest BCUT2D eigenvalue weighted by Crippen LogP contribution is 2.04. The lowest BCUT2D eigenvalue weighted by Gasteiger charge is -2.07. The van der Waals surface area contributed by atoms with Gasteiger partial charge in [0.2, 0.25) is 5.91 Å². The fourth-order valence-electron chi connectivity index (χ4n) is 1.91. The SMILES string of the molecule is CCCn1cnnc1CNC(=O)Cn1nc(C)cc1N. The molecule has 0 bridgehead atoms. The molecule has 0 saturated carbocycles. The van der Waals surface area contributed by atoms with Crippen LogP contribution in [0.2, 0.25) is 0 Å². The number of aryl methyl sites for hydroxylation is 2. The molecular weight excluding hydrogens is 258 g/mol. The summed E-state index contributed by atoms with van der Waals surface area (Å²) in [6, 6.07) is 1.73. The van der Waals surface area contributed by atoms with Crippen LogP contribution in [0.1, 0.15) is 24.9 Å². The third-order valence-electron chi connectivity index (χ3n) is 2.83. The lowest BCUT2D eigenvalue weighted by molar-refractivity contribution is -0.122. The predicted molar refractivity (Wildman–Crippen MR) is 73.5 cm³/mol. The summed E-state index contributed by atoms with van der Waals surface area (Å²) < 4.78 is 3.40. The van der Waals surface area contributed by atoms with Gasteiger partial charge in [0, 0.05) is 12.6 Å². The van der Waals surface area contributed by atoms with Crippen molar-refractivity contribution < 1.29 is 4.79 Å². The Hall–Kier alpha value is -2.38. The first-order chi connectivity index (χ1) is 9.60. The van der Waals surface area contributed by atoms with Crippen molar-refractivity contribution >= 4 is 11.7 Å². The topological polar surface area (TPSA) is 104 Å². The normalized spacial score (nSPS) is 10.7. The number of nitrogens with two attached hydrogens (primary N) is 1. The average Bonchev–Trinajstić information content (AvgIpc) is 2.95. The van der Waals surface area contributed by atoms with E-state index < -0.39 is 0 Å². The monoisotopic (exact) mass is 277 g/mol. The maximum atomic E-state index is 11.9. The molecule has 0 unspecified atom stereocenters. The maximum Gasteiger partial charge on any atom is 0.242 e. The molecule has 8 heteroatoms. The summed E-state index contributed by atoms with van der Waals surface area (Å²) in [6.45, 7) is 5.19. The standard InChI is InChI=1S/C12H19N7O/c1-3-4-18-8-15-16-11(18)6-14-12(20)7-19-10(13)5-9(2)17-19/h5,8H,3-4,6-7,13H2,1-2H3,(H,14,20). The van der Waals surface area contributed by atoms with Crippen LogP contribution < -0.4 is 11.1 Å². The van der Waals surface area contributed by atoms with Crippen LogP contribution in [-0.4, -0.2) is 30.5 Å². The van der Waals surface area contributed by atoms with Crippen LogP contribution in [0.3, 0.4) is 0 Å². The Bertz CT molecular complexity index is 586. The van der Waals surface area contributed by atoms with Crippen molar-refractivity contribution in [2.24, 2.45) is 0 Å². The average molecular weight is 277 g/mol. The largest absolute Gasteiger partial charge is 0.384 e. The third kappa shape index (κ3) is 3.34. The van der Waals surface area contributed by atoms with Crippen molar-refractivity contribution in [3.05, 3.63) is 23.9 Å². The van der Waals surface area contributed by atoms with Gasteiger partial charge in [-0.1, -0.05) is 6.92 Å². The number of aromatic nitrogens is 5. The first-order valence-corrected chi connectivity index (χ1v) is 6.53. The van der Waals surface area contributed by atoms with Crippen LogP contribution in [0.4, 0.5) is 5.82 Å². The van der Waals surface area contributed by atoms with Gasteiger partial charge >= 0.3 is 0 Å². The van der Waals surface area contributed by atoms with Gasteiger partial charge in [0.05, 0.1) is 12.2 Å². The van der Waals surface area contributed by atoms with E-state index in [1.54, 1.807) is 12.4 Å². The Labute approximate surface area is 117 Å². The van der Waals surface area contributed by atoms with E-state index in [4.69, 9.17) is 5.73 Å². The Morgan fingerprint density at radius 1 is 1.50 bits per heavy atom. The van der Waals surface area contributed by atoms with Gasteiger partial charge in [-0.15, -0.1) is 10.2 Å². The quantitative estimate of drug-likeness (QED) is 0.779. The van der Waals surface area contributed by atoms with E-state index in [9.17, 15) is 4.79 Å². The zero-order valence-electron chi connectivity index (χ0n) is 11.7. The zero-order valence-corrected chi connectivity index (χ0v) is 11.7. The minimum Gasteiger partial charge on any atom is -0.384 e. The molecule has 2 rings (SSSR count). The molecule has 2 aromatic heterocycles. The molecule has 0 radical (unpaired) electrons. The summed E-state index contributed by atoms with van der Waals surface area (Å²) in [6.07, 6.45) is 2.65. The van der Waals surface area contributed by atoms with Crippen molar-refractivity contribution in [2.75, 3.05) is 5.73 Å². The molecule has 0 spiro atoms. The number of anilines is 1. The van der Waals surface area contributed by atoms with Gasteiger partial charge in [-0.2, -0.15) is 5.10 Å². The number of amides is 1. The van der Waals surface area contributed by atoms with Gasteiger partial charge in [0.25, 0.3) is 0 Å². The number of nitrogen functional groups attached to an aromatic ring is 1. The van der Waals surface area contributed by atoms with E-state index in [1.807, 2.05) is 11.5 Å². The molecule has 0 saturated heterocycles. The van der Waals surface area contributed by atoms with Crippen LogP contribution in [0, 0.1) is 6.92 Å². The van der Waals surface area contributed by atoms with E-state index in [2.05, 4.69) is 27.5 Å². The smallest absolute Gasteiger partial charge is 0.242 e. The van der Waals surface area contributed by atoms with E-state index in [0.29, 0.717) is 12.4 Å². The second-order valence-electron chi connectivity index (χ2n) is 4.59. The molecule has 8 nitrogen and oxygen atoms in total. The van der Waals surface area contributed by atoms with Crippen LogP contribution in [0.15, 0.2) is 12.4 Å². The minimum atomic E-state index is -0.161. The number of rotatable bonds is 6. The number of carbonyl (C=O) groups excluding carboxylic acids is 1. The summed E-state index contributed by atoms with van der Waals surface area (Å²) in [5.41, 5.74) is 6.53. The molecule has 0 fully saturated rings. The van der Waals surface area contributed by atoms with Crippen LogP contribution in [0.25, 0.3) is 0 Å². The first kappa shape index (κ1) is 14.0. The number of hydrogen-bond donors (Lipinski definition) is 2. The lowest BCUT2D eigenvalue weighted by Crippen LogP contribution is -2.29. The molecule has 0 aliphatic rings. The number of carbonyl (C=O) groups is 1. The van der Waals surface area contributed by atoms with Crippen LogP contribution in [-0.2, 0) is 24.4 Å². The minimum absolute atomic E-state index is 0.0988. The molecule has 2 aromatic rings. The van der Waals surface area contributed by atoms with Crippen molar-refractivity contribution in [3.8, 4) is 0 Å². The third-order valence-corrected chi connectivity index (χ3v) is 2.83. The summed E-state index contributed by atoms with van der Waals surface area (Å²) in [7, 11) is 0. The molecular formula is C12H19N7O. The van der Waals surface area contributed by atoms with Crippen molar-refractivity contribution in [3.63, 3.8) is 0 Å². The summed E-state index contributed by atoms with van der Waals surface area (Å²) in [5, 5.41) is 14.8. The van der Waals surface area contributed by atoms with Gasteiger partial charge in [-0.3, -0.25) is 4.79 Å². The molecule has 2 heterocycles. The second-order valence-corrected chi connectivity index (χ2v) is 4.59. The highest BCUT2D eigenvalue weighted by atomic mass is 16.2. The first-order valence-electron chi connectivity index (χ1n) is 6.53. The Morgan fingerprint density at radius 2 is 2.30 bits per heavy atom. The van der Waals surface area contributed by atoms with Gasteiger partial charge in [-0.25, -0.2) is 4.68 Å². The van der Waals surface area contributed by atoms with Gasteiger partial charge in [0.1, 0.15) is 18.7 Å². The molecule has 108 valence electrons. The van der Waals surface area contributed by atoms with E-state index >= 15 is 0 Å². The fraction of sp³-hybridized carbons (Fsp3) is 0.500. The Morgan fingerprint density at radius 3 is 2.95 bits per heavy atom. The number of nitrogens with one attached hydrogen (secondary N) is 1. The van der Waals surface area contributed by atoms with Gasteiger partial charge in [0.15, 0.2) is 5.82 Å². The summed E-state index contributed by atoms with van der Waals surface area (Å²) >= 11 is 0. The van der Waals surface area contributed by atoms with E-state index in [0.717, 1.165) is 24.5 Å². The van der Waals surface area contributed by atoms with Crippen molar-refractivity contribution in [1.82, 2.24) is 29.9 Å². The fourth-order valence-corrected chi connectivity index (χ4v) is 1.91. The van der Waals surface area contributed by atoms with Crippen LogP contribution >= 0.6 is 0 Å². The van der Waals surface area contributed by atoms with Crippen molar-refractivity contribution in [1.29, 1.82) is 0 Å².